The van der Waals surface area contributed by atoms with Crippen molar-refractivity contribution in [3.63, 3.8) is 0 Å². The molecule has 0 fully saturated rings. The van der Waals surface area contributed by atoms with Crippen LogP contribution in [0.2, 0.25) is 0 Å². The smallest absolute Gasteiger partial charge is 0.223 e. The number of aryl methyl sites for hydroxylation is 1. The van der Waals surface area contributed by atoms with Crippen molar-refractivity contribution in [1.29, 1.82) is 0 Å². The first kappa shape index (κ1) is 13.4. The van der Waals surface area contributed by atoms with Crippen molar-refractivity contribution in [1.82, 2.24) is 0 Å². The van der Waals surface area contributed by atoms with Gasteiger partial charge in [0.15, 0.2) is 11.8 Å². The molecule has 1 heterocycles. The molecule has 0 aromatic heterocycles. The number of hydrogen-bond acceptors (Lipinski definition) is 4. The third-order valence-electron chi connectivity index (χ3n) is 3.40. The predicted octanol–water partition coefficient (Wildman–Crippen LogP) is 2.32. The van der Waals surface area contributed by atoms with Gasteiger partial charge < -0.3 is 4.90 Å². The number of amides is 1. The van der Waals surface area contributed by atoms with Gasteiger partial charge in [-0.05, 0) is 43.5 Å². The summed E-state index contributed by atoms with van der Waals surface area (Å²) in [5.74, 6) is -0.277. The van der Waals surface area contributed by atoms with Gasteiger partial charge in [0.1, 0.15) is 0 Å². The Morgan fingerprint density at radius 2 is 2.11 bits per heavy atom. The molecule has 0 bridgehead atoms. The summed E-state index contributed by atoms with van der Waals surface area (Å²) in [5.41, 5.74) is 2.32. The van der Waals surface area contributed by atoms with Crippen LogP contribution in [0.15, 0.2) is 23.4 Å². The van der Waals surface area contributed by atoms with E-state index in [1.54, 1.807) is 23.1 Å². The topological polar surface area (TPSA) is 66.8 Å². The number of fused-ring (bicyclic) bond motifs is 1. The number of anilines is 1. The molecule has 1 aliphatic rings. The molecule has 0 saturated heterocycles. The third-order valence-corrected chi connectivity index (χ3v) is 3.40. The van der Waals surface area contributed by atoms with E-state index >= 15 is 0 Å². The molecule has 0 saturated carbocycles. The van der Waals surface area contributed by atoms with Crippen LogP contribution in [0.3, 0.4) is 0 Å². The summed E-state index contributed by atoms with van der Waals surface area (Å²) in [6.45, 7) is 3.73. The van der Waals surface area contributed by atoms with Crippen molar-refractivity contribution < 1.29 is 9.59 Å². The van der Waals surface area contributed by atoms with Gasteiger partial charge in [-0.1, -0.05) is 5.18 Å². The molecule has 1 amide bonds. The van der Waals surface area contributed by atoms with Crippen LogP contribution in [0.25, 0.3) is 0 Å². The van der Waals surface area contributed by atoms with Crippen molar-refractivity contribution >= 4 is 17.4 Å². The van der Waals surface area contributed by atoms with Gasteiger partial charge >= 0.3 is 0 Å². The number of Topliss-reactive ketones (excluding diaryl/α,β-unsaturated/α-hetero) is 1. The molecule has 1 aliphatic heterocycles. The number of benzene rings is 1. The second-order valence-electron chi connectivity index (χ2n) is 4.76. The second-order valence-corrected chi connectivity index (χ2v) is 4.76. The molecule has 19 heavy (non-hydrogen) atoms. The van der Waals surface area contributed by atoms with Gasteiger partial charge in [0, 0.05) is 24.7 Å². The molecule has 1 atom stereocenters. The van der Waals surface area contributed by atoms with Crippen LogP contribution in [-0.2, 0) is 11.2 Å². The van der Waals surface area contributed by atoms with Gasteiger partial charge in [-0.3, -0.25) is 9.59 Å². The fourth-order valence-electron chi connectivity index (χ4n) is 2.37. The van der Waals surface area contributed by atoms with Crippen LogP contribution in [0, 0.1) is 4.91 Å². The Bertz CT molecular complexity index is 539. The number of nitroso groups, excluding NO2 is 1. The van der Waals surface area contributed by atoms with Gasteiger partial charge in [-0.2, -0.15) is 4.91 Å². The number of rotatable bonds is 3. The normalized spacial score (nSPS) is 15.6. The lowest BCUT2D eigenvalue weighted by Crippen LogP contribution is -2.33. The van der Waals surface area contributed by atoms with E-state index in [1.807, 2.05) is 0 Å². The van der Waals surface area contributed by atoms with Crippen LogP contribution in [0.5, 0.6) is 0 Å². The molecular weight excluding hydrogens is 244 g/mol. The number of nitrogens with zero attached hydrogens (tertiary/aromatic N) is 2. The highest BCUT2D eigenvalue weighted by atomic mass is 16.3. The Balaban J connectivity index is 2.36. The van der Waals surface area contributed by atoms with Crippen LogP contribution >= 0.6 is 0 Å². The van der Waals surface area contributed by atoms with Gasteiger partial charge in [-0.15, -0.1) is 0 Å². The average molecular weight is 260 g/mol. The first-order chi connectivity index (χ1) is 9.04. The lowest BCUT2D eigenvalue weighted by Gasteiger charge is -2.28. The molecule has 1 unspecified atom stereocenters. The van der Waals surface area contributed by atoms with Gasteiger partial charge in [0.25, 0.3) is 0 Å². The van der Waals surface area contributed by atoms with E-state index in [2.05, 4.69) is 5.18 Å². The molecule has 0 radical (unpaired) electrons. The molecule has 0 N–H and O–H groups in total. The van der Waals surface area contributed by atoms with E-state index in [1.165, 1.54) is 13.8 Å². The fraction of sp³-hybridized carbons (Fsp3) is 0.429. The Morgan fingerprint density at radius 1 is 1.37 bits per heavy atom. The lowest BCUT2D eigenvalue weighted by molar-refractivity contribution is -0.116. The van der Waals surface area contributed by atoms with Crippen molar-refractivity contribution in [2.75, 3.05) is 11.4 Å². The number of ketones is 1. The van der Waals surface area contributed by atoms with Crippen molar-refractivity contribution in [3.8, 4) is 0 Å². The molecule has 1 aromatic rings. The minimum Gasteiger partial charge on any atom is -0.312 e. The molecule has 2 rings (SSSR count). The van der Waals surface area contributed by atoms with Crippen LogP contribution in [0.1, 0.15) is 36.2 Å². The first-order valence-electron chi connectivity index (χ1n) is 6.32. The molecule has 0 spiro atoms. The number of hydrogen-bond donors (Lipinski definition) is 0. The zero-order valence-electron chi connectivity index (χ0n) is 11.0. The second kappa shape index (κ2) is 5.30. The summed E-state index contributed by atoms with van der Waals surface area (Å²) < 4.78 is 0. The lowest BCUT2D eigenvalue weighted by atomic mass is 9.96. The van der Waals surface area contributed by atoms with Crippen LogP contribution in [0.4, 0.5) is 5.69 Å². The quantitative estimate of drug-likeness (QED) is 0.618. The summed E-state index contributed by atoms with van der Waals surface area (Å²) in [7, 11) is 0. The monoisotopic (exact) mass is 260 g/mol. The zero-order chi connectivity index (χ0) is 14.0. The predicted molar refractivity (Wildman–Crippen MR) is 72.4 cm³/mol. The minimum absolute atomic E-state index is 0.00273. The maximum Gasteiger partial charge on any atom is 0.223 e. The van der Waals surface area contributed by atoms with Crippen LogP contribution in [-0.4, -0.2) is 24.3 Å². The summed E-state index contributed by atoms with van der Waals surface area (Å²) in [5, 5.41) is 2.76. The molecule has 5 heteroatoms. The number of carbonyl (C=O) groups is 2. The standard InChI is InChI=1S/C14H16N2O3/c1-9(15-19)14(18)12-5-6-13-11(8-12)4-3-7-16(13)10(2)17/h5-6,8-9H,3-4,7H2,1-2H3. The summed E-state index contributed by atoms with van der Waals surface area (Å²) in [6, 6.07) is 4.34. The summed E-state index contributed by atoms with van der Waals surface area (Å²) >= 11 is 0. The van der Waals surface area contributed by atoms with E-state index in [0.29, 0.717) is 12.1 Å². The van der Waals surface area contributed by atoms with E-state index in [-0.39, 0.29) is 11.7 Å². The Kier molecular flexibility index (Phi) is 3.74. The zero-order valence-corrected chi connectivity index (χ0v) is 11.0. The van der Waals surface area contributed by atoms with E-state index in [0.717, 1.165) is 24.1 Å². The van der Waals surface area contributed by atoms with E-state index in [9.17, 15) is 14.5 Å². The average Bonchev–Trinajstić information content (AvgIpc) is 2.44. The highest BCUT2D eigenvalue weighted by molar-refractivity contribution is 6.01. The summed E-state index contributed by atoms with van der Waals surface area (Å²) in [4.78, 5) is 35.6. The molecule has 5 nitrogen and oxygen atoms in total. The largest absolute Gasteiger partial charge is 0.312 e. The van der Waals surface area contributed by atoms with Gasteiger partial charge in [0.2, 0.25) is 5.91 Å². The Morgan fingerprint density at radius 3 is 2.74 bits per heavy atom. The molecular formula is C14H16N2O3. The third kappa shape index (κ3) is 2.54. The molecule has 0 aliphatic carbocycles. The molecule has 100 valence electrons. The van der Waals surface area contributed by atoms with Crippen LogP contribution < -0.4 is 4.90 Å². The highest BCUT2D eigenvalue weighted by Crippen LogP contribution is 2.28. The van der Waals surface area contributed by atoms with Gasteiger partial charge in [-0.25, -0.2) is 0 Å². The van der Waals surface area contributed by atoms with Crippen molar-refractivity contribution in [2.24, 2.45) is 5.18 Å². The van der Waals surface area contributed by atoms with Crippen molar-refractivity contribution in [2.45, 2.75) is 32.7 Å². The van der Waals surface area contributed by atoms with Gasteiger partial charge in [0.05, 0.1) is 0 Å². The summed E-state index contributed by atoms with van der Waals surface area (Å²) in [6.07, 6.45) is 1.72. The van der Waals surface area contributed by atoms with E-state index < -0.39 is 6.04 Å². The minimum atomic E-state index is -0.870. The van der Waals surface area contributed by atoms with Crippen molar-refractivity contribution in [3.05, 3.63) is 34.2 Å². The number of carbonyl (C=O) groups excluding carboxylic acids is 2. The maximum absolute atomic E-state index is 11.9. The highest BCUT2D eigenvalue weighted by Gasteiger charge is 2.22. The molecule has 1 aromatic carbocycles. The fourth-order valence-corrected chi connectivity index (χ4v) is 2.37. The Hall–Kier alpha value is -2.04. The maximum atomic E-state index is 11.9. The van der Waals surface area contributed by atoms with E-state index in [4.69, 9.17) is 0 Å². The first-order valence-corrected chi connectivity index (χ1v) is 6.32. The SMILES string of the molecule is CC(=O)N1CCCc2cc(C(=O)C(C)N=O)ccc21. The Labute approximate surface area is 111 Å².